The van der Waals surface area contributed by atoms with Crippen LogP contribution in [-0.4, -0.2) is 41.9 Å². The molecular weight excluding hydrogens is 388 g/mol. The maximum atomic E-state index is 13.2. The van der Waals surface area contributed by atoms with Crippen molar-refractivity contribution in [3.05, 3.63) is 66.2 Å². The second-order valence-electron chi connectivity index (χ2n) is 8.19. The molecule has 1 N–H and O–H groups in total. The molecule has 0 radical (unpaired) electrons. The Bertz CT molecular complexity index is 804. The van der Waals surface area contributed by atoms with Gasteiger partial charge in [-0.1, -0.05) is 74.7 Å². The van der Waals surface area contributed by atoms with Gasteiger partial charge < -0.3 is 15.0 Å². The number of ether oxygens (including phenoxy) is 1. The zero-order valence-electron chi connectivity index (χ0n) is 18.5. The van der Waals surface area contributed by atoms with E-state index in [-0.39, 0.29) is 24.5 Å². The number of hydrogen-bond donors (Lipinski definition) is 1. The smallest absolute Gasteiger partial charge is 0.261 e. The van der Waals surface area contributed by atoms with Crippen LogP contribution in [0.2, 0.25) is 0 Å². The summed E-state index contributed by atoms with van der Waals surface area (Å²) >= 11 is 0. The molecule has 1 aliphatic carbocycles. The summed E-state index contributed by atoms with van der Waals surface area (Å²) in [5.74, 6) is 0.444. The molecule has 0 heterocycles. The van der Waals surface area contributed by atoms with Gasteiger partial charge in [-0.25, -0.2) is 0 Å². The lowest BCUT2D eigenvalue weighted by molar-refractivity contribution is -0.142. The minimum atomic E-state index is -0.488. The van der Waals surface area contributed by atoms with Gasteiger partial charge in [0.05, 0.1) is 0 Å². The highest BCUT2D eigenvalue weighted by Gasteiger charge is 2.30. The average Bonchev–Trinajstić information content (AvgIpc) is 2.82. The van der Waals surface area contributed by atoms with Crippen molar-refractivity contribution >= 4 is 11.8 Å². The maximum Gasteiger partial charge on any atom is 0.261 e. The van der Waals surface area contributed by atoms with Gasteiger partial charge in [-0.2, -0.15) is 0 Å². The predicted molar refractivity (Wildman–Crippen MR) is 123 cm³/mol. The van der Waals surface area contributed by atoms with Crippen LogP contribution >= 0.6 is 0 Å². The molecule has 0 aliphatic heterocycles. The first-order valence-corrected chi connectivity index (χ1v) is 11.5. The van der Waals surface area contributed by atoms with E-state index in [0.717, 1.165) is 31.2 Å². The second-order valence-corrected chi connectivity index (χ2v) is 8.19. The van der Waals surface area contributed by atoms with Gasteiger partial charge in [0.2, 0.25) is 5.91 Å². The Morgan fingerprint density at radius 1 is 1.00 bits per heavy atom. The average molecular weight is 423 g/mol. The molecule has 0 bridgehead atoms. The quantitative estimate of drug-likeness (QED) is 0.619. The fraction of sp³-hybridized carbons (Fsp3) is 0.462. The summed E-state index contributed by atoms with van der Waals surface area (Å²) in [4.78, 5) is 28.0. The van der Waals surface area contributed by atoms with Crippen molar-refractivity contribution in [2.75, 3.05) is 13.2 Å². The molecule has 1 saturated carbocycles. The first-order chi connectivity index (χ1) is 15.2. The lowest BCUT2D eigenvalue weighted by Crippen LogP contribution is -2.53. The van der Waals surface area contributed by atoms with E-state index in [4.69, 9.17) is 4.74 Å². The van der Waals surface area contributed by atoms with E-state index in [2.05, 4.69) is 5.32 Å². The second kappa shape index (κ2) is 12.1. The predicted octanol–water partition coefficient (Wildman–Crippen LogP) is 4.36. The number of nitrogens with zero attached hydrogens (tertiary/aromatic N) is 1. The van der Waals surface area contributed by atoms with Gasteiger partial charge in [-0.3, -0.25) is 9.59 Å². The highest BCUT2D eigenvalue weighted by molar-refractivity contribution is 5.88. The molecule has 166 valence electrons. The number of nitrogens with one attached hydrogen (secondary N) is 1. The number of carbonyl (C=O) groups is 2. The molecule has 0 aromatic heterocycles. The van der Waals surface area contributed by atoms with E-state index in [1.807, 2.05) is 67.6 Å². The third-order valence-electron chi connectivity index (χ3n) is 5.93. The van der Waals surface area contributed by atoms with Crippen molar-refractivity contribution in [1.82, 2.24) is 10.2 Å². The Hall–Kier alpha value is -2.82. The van der Waals surface area contributed by atoms with Crippen molar-refractivity contribution in [3.63, 3.8) is 0 Å². The first-order valence-electron chi connectivity index (χ1n) is 11.5. The molecule has 5 nitrogen and oxygen atoms in total. The van der Waals surface area contributed by atoms with Crippen LogP contribution in [0.15, 0.2) is 60.7 Å². The minimum Gasteiger partial charge on any atom is -0.484 e. The molecule has 1 fully saturated rings. The molecule has 2 amide bonds. The van der Waals surface area contributed by atoms with Crippen LogP contribution in [0.4, 0.5) is 0 Å². The SMILES string of the molecule is CCC(C(=O)NC1CCCCC1)N(CCc1ccccc1)C(=O)COc1ccccc1. The summed E-state index contributed by atoms with van der Waals surface area (Å²) in [6.07, 6.45) is 6.87. The zero-order valence-corrected chi connectivity index (χ0v) is 18.5. The van der Waals surface area contributed by atoms with E-state index in [1.54, 1.807) is 4.90 Å². The van der Waals surface area contributed by atoms with Gasteiger partial charge in [0.15, 0.2) is 6.61 Å². The van der Waals surface area contributed by atoms with Gasteiger partial charge in [0.25, 0.3) is 5.91 Å². The molecule has 0 spiro atoms. The van der Waals surface area contributed by atoms with Crippen molar-refractivity contribution in [2.45, 2.75) is 64.0 Å². The molecule has 1 unspecified atom stereocenters. The van der Waals surface area contributed by atoms with Crippen LogP contribution in [0, 0.1) is 0 Å². The van der Waals surface area contributed by atoms with Gasteiger partial charge >= 0.3 is 0 Å². The largest absolute Gasteiger partial charge is 0.484 e. The maximum absolute atomic E-state index is 13.2. The van der Waals surface area contributed by atoms with E-state index in [1.165, 1.54) is 6.42 Å². The normalized spacial score (nSPS) is 15.1. The number of carbonyl (C=O) groups excluding carboxylic acids is 2. The highest BCUT2D eigenvalue weighted by Crippen LogP contribution is 2.18. The summed E-state index contributed by atoms with van der Waals surface area (Å²) in [6.45, 7) is 2.37. The summed E-state index contributed by atoms with van der Waals surface area (Å²) in [5, 5.41) is 3.20. The fourth-order valence-electron chi connectivity index (χ4n) is 4.18. The lowest BCUT2D eigenvalue weighted by atomic mass is 9.95. The van der Waals surface area contributed by atoms with Gasteiger partial charge in [0.1, 0.15) is 11.8 Å². The number of hydrogen-bond acceptors (Lipinski definition) is 3. The Morgan fingerprint density at radius 2 is 1.65 bits per heavy atom. The summed E-state index contributed by atoms with van der Waals surface area (Å²) in [5.41, 5.74) is 1.15. The molecule has 2 aromatic carbocycles. The van der Waals surface area contributed by atoms with Crippen molar-refractivity contribution < 1.29 is 14.3 Å². The van der Waals surface area contributed by atoms with Crippen LogP contribution in [0.25, 0.3) is 0 Å². The topological polar surface area (TPSA) is 58.6 Å². The van der Waals surface area contributed by atoms with E-state index < -0.39 is 6.04 Å². The summed E-state index contributed by atoms with van der Waals surface area (Å²) in [7, 11) is 0. The van der Waals surface area contributed by atoms with Crippen LogP contribution in [0.1, 0.15) is 51.0 Å². The molecule has 3 rings (SSSR count). The number of para-hydroxylation sites is 1. The zero-order chi connectivity index (χ0) is 21.9. The summed E-state index contributed by atoms with van der Waals surface area (Å²) < 4.78 is 5.70. The van der Waals surface area contributed by atoms with E-state index in [0.29, 0.717) is 25.1 Å². The van der Waals surface area contributed by atoms with Crippen LogP contribution in [-0.2, 0) is 16.0 Å². The molecular formula is C26H34N2O3. The Labute approximate surface area is 185 Å². The van der Waals surface area contributed by atoms with Crippen LogP contribution in [0.3, 0.4) is 0 Å². The number of benzene rings is 2. The Balaban J connectivity index is 1.68. The third-order valence-corrected chi connectivity index (χ3v) is 5.93. The standard InChI is InChI=1S/C26H34N2O3/c1-2-24(26(30)27-22-14-8-4-9-15-22)28(19-18-21-12-6-3-7-13-21)25(29)20-31-23-16-10-5-11-17-23/h3,5-7,10-13,16-17,22,24H,2,4,8-9,14-15,18-20H2,1H3,(H,27,30). The lowest BCUT2D eigenvalue weighted by Gasteiger charge is -2.32. The number of rotatable bonds is 10. The molecule has 1 atom stereocenters. The summed E-state index contributed by atoms with van der Waals surface area (Å²) in [6, 6.07) is 19.1. The number of amides is 2. The molecule has 1 aliphatic rings. The third kappa shape index (κ3) is 7.12. The van der Waals surface area contributed by atoms with Crippen LogP contribution < -0.4 is 10.1 Å². The molecule has 0 saturated heterocycles. The molecule has 2 aromatic rings. The Morgan fingerprint density at radius 3 is 2.29 bits per heavy atom. The minimum absolute atomic E-state index is 0.0458. The van der Waals surface area contributed by atoms with Crippen molar-refractivity contribution in [3.8, 4) is 5.75 Å². The van der Waals surface area contributed by atoms with Gasteiger partial charge in [-0.05, 0) is 43.4 Å². The highest BCUT2D eigenvalue weighted by atomic mass is 16.5. The molecule has 5 heteroatoms. The van der Waals surface area contributed by atoms with E-state index in [9.17, 15) is 9.59 Å². The van der Waals surface area contributed by atoms with Crippen molar-refractivity contribution in [2.24, 2.45) is 0 Å². The van der Waals surface area contributed by atoms with Crippen LogP contribution in [0.5, 0.6) is 5.75 Å². The fourth-order valence-corrected chi connectivity index (χ4v) is 4.18. The van der Waals surface area contributed by atoms with Gasteiger partial charge in [-0.15, -0.1) is 0 Å². The van der Waals surface area contributed by atoms with Gasteiger partial charge in [0, 0.05) is 12.6 Å². The van der Waals surface area contributed by atoms with E-state index >= 15 is 0 Å². The monoisotopic (exact) mass is 422 g/mol. The Kier molecular flexibility index (Phi) is 8.95. The first kappa shape index (κ1) is 22.9. The molecule has 31 heavy (non-hydrogen) atoms. The van der Waals surface area contributed by atoms with Crippen molar-refractivity contribution in [1.29, 1.82) is 0 Å².